The van der Waals surface area contributed by atoms with E-state index in [1.54, 1.807) is 0 Å². The largest absolute Gasteiger partial charge is 0.271 e. The summed E-state index contributed by atoms with van der Waals surface area (Å²) in [6.07, 6.45) is 8.23. The normalized spacial score (nSPS) is 19.9. The van der Waals surface area contributed by atoms with Crippen molar-refractivity contribution in [3.63, 3.8) is 0 Å². The zero-order chi connectivity index (χ0) is 11.4. The number of hydrazine groups is 1. The summed E-state index contributed by atoms with van der Waals surface area (Å²) in [7, 11) is 0. The average Bonchev–Trinajstić information content (AvgIpc) is 2.74. The van der Waals surface area contributed by atoms with Gasteiger partial charge in [0.1, 0.15) is 0 Å². The molecule has 1 aliphatic carbocycles. The maximum Gasteiger partial charge on any atom is 0.0556 e. The van der Waals surface area contributed by atoms with Gasteiger partial charge in [-0.3, -0.25) is 11.3 Å². The van der Waals surface area contributed by atoms with Crippen molar-refractivity contribution in [3.05, 3.63) is 21.9 Å². The molecule has 1 aromatic rings. The zero-order valence-corrected chi connectivity index (χ0v) is 10.9. The smallest absolute Gasteiger partial charge is 0.0556 e. The lowest BCUT2D eigenvalue weighted by Gasteiger charge is -2.25. The van der Waals surface area contributed by atoms with E-state index in [0.29, 0.717) is 6.04 Å². The van der Waals surface area contributed by atoms with Crippen LogP contribution in [-0.2, 0) is 0 Å². The molecule has 3 heteroatoms. The lowest BCUT2D eigenvalue weighted by Crippen LogP contribution is -2.29. The third-order valence-electron chi connectivity index (χ3n) is 3.60. The van der Waals surface area contributed by atoms with Gasteiger partial charge >= 0.3 is 0 Å². The first kappa shape index (κ1) is 12.1. The van der Waals surface area contributed by atoms with E-state index in [4.69, 9.17) is 5.84 Å². The Balaban J connectivity index is 1.94. The van der Waals surface area contributed by atoms with Crippen molar-refractivity contribution in [3.8, 4) is 0 Å². The van der Waals surface area contributed by atoms with Gasteiger partial charge in [-0.2, -0.15) is 0 Å². The van der Waals surface area contributed by atoms with Gasteiger partial charge in [-0.15, -0.1) is 11.3 Å². The Bertz CT molecular complexity index is 315. The second-order valence-corrected chi connectivity index (χ2v) is 6.23. The molecular weight excluding hydrogens is 216 g/mol. The number of aryl methyl sites for hydroxylation is 1. The molecule has 1 saturated carbocycles. The first-order valence-electron chi connectivity index (χ1n) is 6.32. The third kappa shape index (κ3) is 3.06. The highest BCUT2D eigenvalue weighted by Gasteiger charge is 2.20. The summed E-state index contributed by atoms with van der Waals surface area (Å²) >= 11 is 1.87. The number of nitrogens with two attached hydrogens (primary N) is 1. The van der Waals surface area contributed by atoms with Crippen LogP contribution in [0.5, 0.6) is 0 Å². The summed E-state index contributed by atoms with van der Waals surface area (Å²) in [5.41, 5.74) is 2.99. The van der Waals surface area contributed by atoms with E-state index in [0.717, 1.165) is 5.92 Å². The number of rotatable bonds is 4. The van der Waals surface area contributed by atoms with Gasteiger partial charge in [-0.1, -0.05) is 32.1 Å². The summed E-state index contributed by atoms with van der Waals surface area (Å²) in [5.74, 6) is 6.56. The van der Waals surface area contributed by atoms with Crippen molar-refractivity contribution in [2.75, 3.05) is 0 Å². The van der Waals surface area contributed by atoms with Crippen molar-refractivity contribution in [1.29, 1.82) is 0 Å². The molecule has 2 nitrogen and oxygen atoms in total. The zero-order valence-electron chi connectivity index (χ0n) is 10.0. The van der Waals surface area contributed by atoms with Crippen LogP contribution in [0.2, 0.25) is 0 Å². The predicted molar refractivity (Wildman–Crippen MR) is 70.3 cm³/mol. The van der Waals surface area contributed by atoms with Crippen molar-refractivity contribution in [1.82, 2.24) is 5.43 Å². The van der Waals surface area contributed by atoms with E-state index in [2.05, 4.69) is 24.5 Å². The maximum absolute atomic E-state index is 5.69. The summed E-state index contributed by atoms with van der Waals surface area (Å²) in [6.45, 7) is 2.16. The number of thiophene rings is 1. The Labute approximate surface area is 102 Å². The minimum atomic E-state index is 0.363. The van der Waals surface area contributed by atoms with Crippen molar-refractivity contribution in [2.24, 2.45) is 11.8 Å². The van der Waals surface area contributed by atoms with E-state index in [1.165, 1.54) is 48.3 Å². The van der Waals surface area contributed by atoms with Gasteiger partial charge in [0.2, 0.25) is 0 Å². The number of hydrogen-bond acceptors (Lipinski definition) is 3. The molecule has 1 fully saturated rings. The summed E-state index contributed by atoms with van der Waals surface area (Å²) in [5, 5.41) is 0. The Morgan fingerprint density at radius 1 is 1.38 bits per heavy atom. The third-order valence-corrected chi connectivity index (χ3v) is 4.71. The lowest BCUT2D eigenvalue weighted by atomic mass is 9.84. The molecule has 0 radical (unpaired) electrons. The summed E-state index contributed by atoms with van der Waals surface area (Å²) in [6, 6.07) is 4.76. The van der Waals surface area contributed by atoms with Crippen LogP contribution in [0.4, 0.5) is 0 Å². The van der Waals surface area contributed by atoms with Crippen molar-refractivity contribution < 1.29 is 0 Å². The van der Waals surface area contributed by atoms with Crippen LogP contribution in [0.3, 0.4) is 0 Å². The summed E-state index contributed by atoms with van der Waals surface area (Å²) < 4.78 is 0. The molecule has 1 aromatic heterocycles. The maximum atomic E-state index is 5.69. The molecule has 1 unspecified atom stereocenters. The SMILES string of the molecule is Cc1ccc(C(CC2CCCCC2)NN)s1. The monoisotopic (exact) mass is 238 g/mol. The predicted octanol–water partition coefficient (Wildman–Crippen LogP) is 3.53. The molecule has 0 aromatic carbocycles. The van der Waals surface area contributed by atoms with Crippen LogP contribution in [0.1, 0.15) is 54.3 Å². The Kier molecular flexibility index (Phi) is 4.38. The molecule has 1 aliphatic rings. The molecule has 0 amide bonds. The Morgan fingerprint density at radius 3 is 2.69 bits per heavy atom. The Hall–Kier alpha value is -0.380. The molecule has 3 N–H and O–H groups in total. The second-order valence-electron chi connectivity index (χ2n) is 4.91. The highest BCUT2D eigenvalue weighted by molar-refractivity contribution is 7.12. The molecule has 1 heterocycles. The molecular formula is C13H22N2S. The van der Waals surface area contributed by atoms with Gasteiger partial charge in [-0.25, -0.2) is 0 Å². The first-order valence-corrected chi connectivity index (χ1v) is 7.13. The van der Waals surface area contributed by atoms with Crippen LogP contribution in [0.25, 0.3) is 0 Å². The quantitative estimate of drug-likeness (QED) is 0.622. The van der Waals surface area contributed by atoms with E-state index in [1.807, 2.05) is 11.3 Å². The van der Waals surface area contributed by atoms with Crippen LogP contribution < -0.4 is 11.3 Å². The van der Waals surface area contributed by atoms with Gasteiger partial charge in [0.25, 0.3) is 0 Å². The standard InChI is InChI=1S/C13H22N2S/c1-10-7-8-13(16-10)12(15-14)9-11-5-3-2-4-6-11/h7-8,11-12,15H,2-6,9,14H2,1H3. The fourth-order valence-electron chi connectivity index (χ4n) is 2.66. The molecule has 0 spiro atoms. The van der Waals surface area contributed by atoms with Gasteiger partial charge < -0.3 is 0 Å². The van der Waals surface area contributed by atoms with Crippen LogP contribution in [-0.4, -0.2) is 0 Å². The number of nitrogens with one attached hydrogen (secondary N) is 1. The molecule has 2 rings (SSSR count). The minimum Gasteiger partial charge on any atom is -0.271 e. The van der Waals surface area contributed by atoms with Gasteiger partial charge in [-0.05, 0) is 31.4 Å². The average molecular weight is 238 g/mol. The molecule has 1 atom stereocenters. The number of hydrogen-bond donors (Lipinski definition) is 2. The van der Waals surface area contributed by atoms with Crippen molar-refractivity contribution in [2.45, 2.75) is 51.5 Å². The fraction of sp³-hybridized carbons (Fsp3) is 0.692. The summed E-state index contributed by atoms with van der Waals surface area (Å²) in [4.78, 5) is 2.77. The molecule has 16 heavy (non-hydrogen) atoms. The van der Waals surface area contributed by atoms with Gasteiger partial charge in [0.05, 0.1) is 6.04 Å². The second kappa shape index (κ2) is 5.80. The van der Waals surface area contributed by atoms with Crippen LogP contribution >= 0.6 is 11.3 Å². The minimum absolute atomic E-state index is 0.363. The van der Waals surface area contributed by atoms with Crippen molar-refractivity contribution >= 4 is 11.3 Å². The van der Waals surface area contributed by atoms with E-state index < -0.39 is 0 Å². The van der Waals surface area contributed by atoms with Crippen LogP contribution in [0.15, 0.2) is 12.1 Å². The van der Waals surface area contributed by atoms with Crippen LogP contribution in [0, 0.1) is 12.8 Å². The fourth-order valence-corrected chi connectivity index (χ4v) is 3.61. The Morgan fingerprint density at radius 2 is 2.12 bits per heavy atom. The lowest BCUT2D eigenvalue weighted by molar-refractivity contribution is 0.302. The van der Waals surface area contributed by atoms with Gasteiger partial charge in [0, 0.05) is 9.75 Å². The molecule has 0 aliphatic heterocycles. The van der Waals surface area contributed by atoms with E-state index in [-0.39, 0.29) is 0 Å². The molecule has 90 valence electrons. The van der Waals surface area contributed by atoms with E-state index >= 15 is 0 Å². The van der Waals surface area contributed by atoms with E-state index in [9.17, 15) is 0 Å². The highest BCUT2D eigenvalue weighted by Crippen LogP contribution is 2.33. The molecule has 0 bridgehead atoms. The topological polar surface area (TPSA) is 38.0 Å². The molecule has 0 saturated heterocycles. The highest BCUT2D eigenvalue weighted by atomic mass is 32.1. The first-order chi connectivity index (χ1) is 7.79. The van der Waals surface area contributed by atoms with Gasteiger partial charge in [0.15, 0.2) is 0 Å².